The maximum absolute atomic E-state index is 11.9. The first-order chi connectivity index (χ1) is 7.40. The number of rotatable bonds is 2. The van der Waals surface area contributed by atoms with E-state index in [-0.39, 0.29) is 12.0 Å². The molecule has 1 heterocycles. The maximum atomic E-state index is 11.9. The van der Waals surface area contributed by atoms with E-state index in [9.17, 15) is 4.79 Å². The molecule has 1 rings (SSSR count). The fourth-order valence-corrected chi connectivity index (χ4v) is 2.41. The highest BCUT2D eigenvalue weighted by Crippen LogP contribution is 2.42. The van der Waals surface area contributed by atoms with Gasteiger partial charge in [-0.05, 0) is 18.8 Å². The average molecular weight is 230 g/mol. The zero-order valence-corrected chi connectivity index (χ0v) is 10.9. The van der Waals surface area contributed by atoms with Gasteiger partial charge in [0, 0.05) is 13.0 Å². The van der Waals surface area contributed by atoms with E-state index in [4.69, 9.17) is 14.2 Å². The summed E-state index contributed by atoms with van der Waals surface area (Å²) in [5, 5.41) is 0. The quantitative estimate of drug-likeness (QED) is 0.679. The van der Waals surface area contributed by atoms with E-state index in [0.29, 0.717) is 11.8 Å². The summed E-state index contributed by atoms with van der Waals surface area (Å²) in [4.78, 5) is 11.9. The second kappa shape index (κ2) is 4.72. The first kappa shape index (κ1) is 13.5. The minimum Gasteiger partial charge on any atom is -0.465 e. The van der Waals surface area contributed by atoms with Crippen molar-refractivity contribution in [3.8, 4) is 0 Å². The number of esters is 1. The summed E-state index contributed by atoms with van der Waals surface area (Å²) in [7, 11) is 2.84. The van der Waals surface area contributed by atoms with Gasteiger partial charge < -0.3 is 14.2 Å². The van der Waals surface area contributed by atoms with E-state index in [1.807, 2.05) is 13.8 Å². The maximum Gasteiger partial charge on any atom is 0.366 e. The van der Waals surface area contributed by atoms with Crippen LogP contribution >= 0.6 is 0 Å². The van der Waals surface area contributed by atoms with Gasteiger partial charge in [0.15, 0.2) is 0 Å². The van der Waals surface area contributed by atoms with Crippen LogP contribution in [0, 0.1) is 17.8 Å². The van der Waals surface area contributed by atoms with Crippen LogP contribution in [0.4, 0.5) is 0 Å². The molecule has 0 saturated carbocycles. The zero-order chi connectivity index (χ0) is 12.5. The van der Waals surface area contributed by atoms with Gasteiger partial charge in [0.25, 0.3) is 5.79 Å². The highest BCUT2D eigenvalue weighted by molar-refractivity contribution is 5.78. The van der Waals surface area contributed by atoms with Crippen LogP contribution in [0.5, 0.6) is 0 Å². The van der Waals surface area contributed by atoms with Crippen molar-refractivity contribution in [1.82, 2.24) is 0 Å². The van der Waals surface area contributed by atoms with Crippen molar-refractivity contribution in [2.45, 2.75) is 39.6 Å². The lowest BCUT2D eigenvalue weighted by molar-refractivity contribution is -0.306. The second-order valence-corrected chi connectivity index (χ2v) is 4.69. The molecule has 1 saturated heterocycles. The van der Waals surface area contributed by atoms with Crippen LogP contribution < -0.4 is 0 Å². The number of hydrogen-bond acceptors (Lipinski definition) is 4. The summed E-state index contributed by atoms with van der Waals surface area (Å²) in [5.74, 6) is -1.00. The molecule has 5 atom stereocenters. The standard InChI is InChI=1S/C12H22O4/c1-7-8(2)10(4)16-12(15-6,9(7)3)11(13)14-5/h7-10H,1-6H3/t7-,8-,9+,10+,12?/m1/s1. The topological polar surface area (TPSA) is 44.8 Å². The summed E-state index contributed by atoms with van der Waals surface area (Å²) < 4.78 is 15.9. The molecular weight excluding hydrogens is 208 g/mol. The third-order valence-corrected chi connectivity index (χ3v) is 4.09. The Morgan fingerprint density at radius 2 is 1.69 bits per heavy atom. The highest BCUT2D eigenvalue weighted by Gasteiger charge is 2.55. The van der Waals surface area contributed by atoms with Crippen molar-refractivity contribution < 1.29 is 19.0 Å². The van der Waals surface area contributed by atoms with Gasteiger partial charge in [0.2, 0.25) is 0 Å². The molecule has 0 aromatic heterocycles. The predicted octanol–water partition coefficient (Wildman–Crippen LogP) is 1.83. The lowest BCUT2D eigenvalue weighted by Gasteiger charge is -2.47. The molecule has 0 aromatic carbocycles. The van der Waals surface area contributed by atoms with E-state index in [1.165, 1.54) is 14.2 Å². The van der Waals surface area contributed by atoms with E-state index in [1.54, 1.807) is 0 Å². The molecule has 1 aliphatic heterocycles. The van der Waals surface area contributed by atoms with Crippen molar-refractivity contribution in [1.29, 1.82) is 0 Å². The van der Waals surface area contributed by atoms with Gasteiger partial charge in [-0.1, -0.05) is 20.8 Å². The van der Waals surface area contributed by atoms with E-state index in [2.05, 4.69) is 13.8 Å². The zero-order valence-electron chi connectivity index (χ0n) is 10.9. The first-order valence-electron chi connectivity index (χ1n) is 5.72. The van der Waals surface area contributed by atoms with Crippen LogP contribution in [0.25, 0.3) is 0 Å². The van der Waals surface area contributed by atoms with Crippen molar-refractivity contribution >= 4 is 5.97 Å². The van der Waals surface area contributed by atoms with Crippen LogP contribution in [-0.2, 0) is 19.0 Å². The molecule has 94 valence electrons. The van der Waals surface area contributed by atoms with Gasteiger partial charge in [-0.25, -0.2) is 4.79 Å². The first-order valence-corrected chi connectivity index (χ1v) is 5.72. The smallest absolute Gasteiger partial charge is 0.366 e. The molecule has 0 aliphatic carbocycles. The van der Waals surface area contributed by atoms with Crippen molar-refractivity contribution in [3.05, 3.63) is 0 Å². The second-order valence-electron chi connectivity index (χ2n) is 4.69. The molecule has 0 radical (unpaired) electrons. The molecule has 4 heteroatoms. The highest BCUT2D eigenvalue weighted by atomic mass is 16.7. The van der Waals surface area contributed by atoms with Crippen molar-refractivity contribution in [2.24, 2.45) is 17.8 Å². The molecule has 0 bridgehead atoms. The molecule has 16 heavy (non-hydrogen) atoms. The molecule has 0 amide bonds. The number of hydrogen-bond donors (Lipinski definition) is 0. The SMILES string of the molecule is COC(=O)C1(OC)O[C@@H](C)[C@H](C)[C@@H](C)[C@@H]1C. The van der Waals surface area contributed by atoms with Crippen molar-refractivity contribution in [3.63, 3.8) is 0 Å². The van der Waals surface area contributed by atoms with Gasteiger partial charge in [0.05, 0.1) is 13.2 Å². The number of ether oxygens (including phenoxy) is 3. The Morgan fingerprint density at radius 3 is 2.12 bits per heavy atom. The van der Waals surface area contributed by atoms with E-state index in [0.717, 1.165) is 0 Å². The molecule has 1 fully saturated rings. The third-order valence-electron chi connectivity index (χ3n) is 4.09. The molecule has 0 N–H and O–H groups in total. The van der Waals surface area contributed by atoms with Gasteiger partial charge in [-0.2, -0.15) is 0 Å². The van der Waals surface area contributed by atoms with Crippen LogP contribution in [0.2, 0.25) is 0 Å². The lowest BCUT2D eigenvalue weighted by Crippen LogP contribution is -2.59. The average Bonchev–Trinajstić information content (AvgIpc) is 2.30. The summed E-state index contributed by atoms with van der Waals surface area (Å²) >= 11 is 0. The minimum atomic E-state index is -1.25. The number of methoxy groups -OCH3 is 2. The molecule has 4 nitrogen and oxygen atoms in total. The minimum absolute atomic E-state index is 0.0229. The predicted molar refractivity (Wildman–Crippen MR) is 59.8 cm³/mol. The van der Waals surface area contributed by atoms with E-state index < -0.39 is 11.8 Å². The summed E-state index contributed by atoms with van der Waals surface area (Å²) in [5.41, 5.74) is 0. The number of carbonyl (C=O) groups excluding carboxylic acids is 1. The molecule has 1 aliphatic rings. The molecule has 0 aromatic rings. The Labute approximate surface area is 97.2 Å². The van der Waals surface area contributed by atoms with Gasteiger partial charge in [-0.15, -0.1) is 0 Å². The number of carbonyl (C=O) groups is 1. The van der Waals surface area contributed by atoms with Crippen LogP contribution in [0.1, 0.15) is 27.7 Å². The van der Waals surface area contributed by atoms with Gasteiger partial charge >= 0.3 is 5.97 Å². The fraction of sp³-hybridized carbons (Fsp3) is 0.917. The Morgan fingerprint density at radius 1 is 1.12 bits per heavy atom. The van der Waals surface area contributed by atoms with E-state index >= 15 is 0 Å². The third kappa shape index (κ3) is 1.84. The Balaban J connectivity index is 3.05. The Kier molecular flexibility index (Phi) is 3.97. The van der Waals surface area contributed by atoms with Gasteiger partial charge in [-0.3, -0.25) is 0 Å². The largest absolute Gasteiger partial charge is 0.465 e. The molecular formula is C12H22O4. The molecule has 1 unspecified atom stereocenters. The fourth-order valence-electron chi connectivity index (χ4n) is 2.41. The Bertz CT molecular complexity index is 266. The lowest BCUT2D eigenvalue weighted by atomic mass is 9.75. The summed E-state index contributed by atoms with van der Waals surface area (Å²) in [6.45, 7) is 8.17. The normalized spacial score (nSPS) is 44.1. The van der Waals surface area contributed by atoms with Crippen LogP contribution in [-0.4, -0.2) is 32.1 Å². The Hall–Kier alpha value is -0.610. The van der Waals surface area contributed by atoms with Crippen LogP contribution in [0.15, 0.2) is 0 Å². The molecule has 0 spiro atoms. The monoisotopic (exact) mass is 230 g/mol. The van der Waals surface area contributed by atoms with Crippen molar-refractivity contribution in [2.75, 3.05) is 14.2 Å². The van der Waals surface area contributed by atoms with Gasteiger partial charge in [0.1, 0.15) is 0 Å². The summed E-state index contributed by atoms with van der Waals surface area (Å²) in [6.07, 6.45) is -0.0229. The summed E-state index contributed by atoms with van der Waals surface area (Å²) in [6, 6.07) is 0. The van der Waals surface area contributed by atoms with Crippen LogP contribution in [0.3, 0.4) is 0 Å².